The SMILES string of the molecule is CCn1nc(C)cc1CNC(C1CC1)C1CC1. The molecule has 17 heavy (non-hydrogen) atoms. The van der Waals surface area contributed by atoms with Gasteiger partial charge in [0.25, 0.3) is 0 Å². The van der Waals surface area contributed by atoms with Gasteiger partial charge in [-0.2, -0.15) is 5.10 Å². The second kappa shape index (κ2) is 4.45. The molecule has 3 nitrogen and oxygen atoms in total. The van der Waals surface area contributed by atoms with Crippen LogP contribution in [0.25, 0.3) is 0 Å². The summed E-state index contributed by atoms with van der Waals surface area (Å²) < 4.78 is 2.12. The van der Waals surface area contributed by atoms with E-state index in [2.05, 4.69) is 35.0 Å². The molecule has 0 unspecified atom stereocenters. The largest absolute Gasteiger partial charge is 0.308 e. The van der Waals surface area contributed by atoms with Crippen molar-refractivity contribution in [1.29, 1.82) is 0 Å². The molecule has 3 heteroatoms. The van der Waals surface area contributed by atoms with Crippen molar-refractivity contribution < 1.29 is 0 Å². The highest BCUT2D eigenvalue weighted by molar-refractivity contribution is 5.09. The van der Waals surface area contributed by atoms with Gasteiger partial charge in [-0.05, 0) is 57.4 Å². The third-order valence-corrected chi connectivity index (χ3v) is 4.06. The number of nitrogens with one attached hydrogen (secondary N) is 1. The maximum Gasteiger partial charge on any atom is 0.0597 e. The van der Waals surface area contributed by atoms with E-state index in [4.69, 9.17) is 0 Å². The topological polar surface area (TPSA) is 29.9 Å². The molecular weight excluding hydrogens is 210 g/mol. The lowest BCUT2D eigenvalue weighted by atomic mass is 10.1. The molecule has 2 fully saturated rings. The maximum atomic E-state index is 4.50. The predicted octanol–water partition coefficient (Wildman–Crippen LogP) is 2.49. The van der Waals surface area contributed by atoms with Gasteiger partial charge >= 0.3 is 0 Å². The summed E-state index contributed by atoms with van der Waals surface area (Å²) in [5, 5.41) is 8.29. The third kappa shape index (κ3) is 2.54. The number of hydrogen-bond acceptors (Lipinski definition) is 2. The highest BCUT2D eigenvalue weighted by atomic mass is 15.3. The number of hydrogen-bond donors (Lipinski definition) is 1. The molecule has 0 spiro atoms. The normalized spacial score (nSPS) is 20.2. The van der Waals surface area contributed by atoms with E-state index in [1.54, 1.807) is 0 Å². The Morgan fingerprint density at radius 3 is 2.53 bits per heavy atom. The Hall–Kier alpha value is -0.830. The summed E-state index contributed by atoms with van der Waals surface area (Å²) in [6.45, 7) is 6.21. The Bertz CT molecular complexity index is 376. The minimum absolute atomic E-state index is 0.788. The fourth-order valence-corrected chi connectivity index (χ4v) is 2.87. The van der Waals surface area contributed by atoms with Crippen LogP contribution in [0.3, 0.4) is 0 Å². The fraction of sp³-hybridized carbons (Fsp3) is 0.786. The summed E-state index contributed by atoms with van der Waals surface area (Å²) in [7, 11) is 0. The van der Waals surface area contributed by atoms with E-state index in [1.807, 2.05) is 0 Å². The highest BCUT2D eigenvalue weighted by Crippen LogP contribution is 2.44. The Morgan fingerprint density at radius 2 is 2.00 bits per heavy atom. The molecule has 0 aliphatic heterocycles. The molecule has 1 N–H and O–H groups in total. The Morgan fingerprint density at radius 1 is 1.35 bits per heavy atom. The van der Waals surface area contributed by atoms with E-state index < -0.39 is 0 Å². The molecule has 94 valence electrons. The summed E-state index contributed by atoms with van der Waals surface area (Å²) in [5.74, 6) is 1.95. The van der Waals surface area contributed by atoms with E-state index in [9.17, 15) is 0 Å². The van der Waals surface area contributed by atoms with Gasteiger partial charge in [-0.3, -0.25) is 4.68 Å². The first-order chi connectivity index (χ1) is 8.28. The van der Waals surface area contributed by atoms with E-state index >= 15 is 0 Å². The van der Waals surface area contributed by atoms with Crippen molar-refractivity contribution in [2.24, 2.45) is 11.8 Å². The molecule has 2 aliphatic carbocycles. The average Bonchev–Trinajstić information content (AvgIpc) is 3.18. The van der Waals surface area contributed by atoms with Gasteiger partial charge in [0.15, 0.2) is 0 Å². The lowest BCUT2D eigenvalue weighted by Gasteiger charge is -2.17. The van der Waals surface area contributed by atoms with Crippen molar-refractivity contribution in [3.05, 3.63) is 17.5 Å². The van der Waals surface area contributed by atoms with Crippen molar-refractivity contribution in [3.8, 4) is 0 Å². The van der Waals surface area contributed by atoms with Crippen LogP contribution in [0.2, 0.25) is 0 Å². The van der Waals surface area contributed by atoms with Crippen molar-refractivity contribution in [3.63, 3.8) is 0 Å². The van der Waals surface area contributed by atoms with Crippen LogP contribution in [0.4, 0.5) is 0 Å². The second-order valence-electron chi connectivity index (χ2n) is 5.67. The molecule has 0 amide bonds. The van der Waals surface area contributed by atoms with Crippen LogP contribution in [0.15, 0.2) is 6.07 Å². The molecule has 0 saturated heterocycles. The molecule has 0 aromatic carbocycles. The van der Waals surface area contributed by atoms with Crippen LogP contribution in [0.5, 0.6) is 0 Å². The number of aryl methyl sites for hydroxylation is 2. The molecule has 0 atom stereocenters. The van der Waals surface area contributed by atoms with E-state index in [0.29, 0.717) is 0 Å². The monoisotopic (exact) mass is 233 g/mol. The molecule has 3 rings (SSSR count). The first kappa shape index (κ1) is 11.3. The zero-order chi connectivity index (χ0) is 11.8. The smallest absolute Gasteiger partial charge is 0.0597 e. The van der Waals surface area contributed by atoms with Crippen LogP contribution in [0.1, 0.15) is 44.0 Å². The van der Waals surface area contributed by atoms with Gasteiger partial charge < -0.3 is 5.32 Å². The quantitative estimate of drug-likeness (QED) is 0.818. The van der Waals surface area contributed by atoms with Crippen LogP contribution in [-0.4, -0.2) is 15.8 Å². The van der Waals surface area contributed by atoms with Gasteiger partial charge in [0.2, 0.25) is 0 Å². The van der Waals surface area contributed by atoms with Gasteiger partial charge in [0.1, 0.15) is 0 Å². The van der Waals surface area contributed by atoms with E-state index in [1.165, 1.54) is 31.4 Å². The van der Waals surface area contributed by atoms with Crippen molar-refractivity contribution in [2.45, 2.75) is 58.7 Å². The Labute approximate surface area is 104 Å². The molecule has 0 bridgehead atoms. The Balaban J connectivity index is 1.61. The van der Waals surface area contributed by atoms with Crippen molar-refractivity contribution >= 4 is 0 Å². The van der Waals surface area contributed by atoms with Crippen LogP contribution in [-0.2, 0) is 13.1 Å². The summed E-state index contributed by atoms with van der Waals surface area (Å²) in [5.41, 5.74) is 2.48. The molecular formula is C14H23N3. The zero-order valence-corrected chi connectivity index (χ0v) is 10.9. The second-order valence-corrected chi connectivity index (χ2v) is 5.67. The van der Waals surface area contributed by atoms with Gasteiger partial charge in [0, 0.05) is 19.1 Å². The van der Waals surface area contributed by atoms with Gasteiger partial charge in [-0.25, -0.2) is 0 Å². The minimum Gasteiger partial charge on any atom is -0.308 e. The molecule has 1 aromatic rings. The van der Waals surface area contributed by atoms with Gasteiger partial charge in [-0.1, -0.05) is 0 Å². The molecule has 0 radical (unpaired) electrons. The summed E-state index contributed by atoms with van der Waals surface area (Å²) in [6, 6.07) is 3.00. The molecule has 1 aromatic heterocycles. The molecule has 2 saturated carbocycles. The van der Waals surface area contributed by atoms with E-state index in [0.717, 1.165) is 36.7 Å². The summed E-state index contributed by atoms with van der Waals surface area (Å²) in [6.07, 6.45) is 5.78. The van der Waals surface area contributed by atoms with Crippen LogP contribution < -0.4 is 5.32 Å². The molecule has 1 heterocycles. The number of nitrogens with zero attached hydrogens (tertiary/aromatic N) is 2. The van der Waals surface area contributed by atoms with Gasteiger partial charge in [0.05, 0.1) is 11.4 Å². The van der Waals surface area contributed by atoms with Crippen LogP contribution >= 0.6 is 0 Å². The number of rotatable bonds is 6. The lowest BCUT2D eigenvalue weighted by Crippen LogP contribution is -2.33. The molecule has 2 aliphatic rings. The minimum atomic E-state index is 0.788. The highest BCUT2D eigenvalue weighted by Gasteiger charge is 2.41. The predicted molar refractivity (Wildman–Crippen MR) is 68.7 cm³/mol. The summed E-state index contributed by atoms with van der Waals surface area (Å²) in [4.78, 5) is 0. The van der Waals surface area contributed by atoms with Gasteiger partial charge in [-0.15, -0.1) is 0 Å². The van der Waals surface area contributed by atoms with Crippen molar-refractivity contribution in [1.82, 2.24) is 15.1 Å². The zero-order valence-electron chi connectivity index (χ0n) is 10.9. The Kier molecular flexibility index (Phi) is 2.95. The first-order valence-corrected chi connectivity index (χ1v) is 7.04. The lowest BCUT2D eigenvalue weighted by molar-refractivity contribution is 0.407. The average molecular weight is 233 g/mol. The van der Waals surface area contributed by atoms with Crippen molar-refractivity contribution in [2.75, 3.05) is 0 Å². The number of aromatic nitrogens is 2. The summed E-state index contributed by atoms with van der Waals surface area (Å²) >= 11 is 0. The fourth-order valence-electron chi connectivity index (χ4n) is 2.87. The van der Waals surface area contributed by atoms with Crippen LogP contribution in [0, 0.1) is 18.8 Å². The third-order valence-electron chi connectivity index (χ3n) is 4.06. The standard InChI is InChI=1S/C14H23N3/c1-3-17-13(8-10(2)16-17)9-15-14(11-4-5-11)12-6-7-12/h8,11-12,14-15H,3-7,9H2,1-2H3. The van der Waals surface area contributed by atoms with E-state index in [-0.39, 0.29) is 0 Å². The first-order valence-electron chi connectivity index (χ1n) is 7.04. The maximum absolute atomic E-state index is 4.50.